The third-order valence-corrected chi connectivity index (χ3v) is 7.53. The molecule has 0 aliphatic carbocycles. The van der Waals surface area contributed by atoms with Crippen molar-refractivity contribution in [2.75, 3.05) is 12.4 Å². The van der Waals surface area contributed by atoms with Crippen molar-refractivity contribution in [3.8, 4) is 17.0 Å². The second kappa shape index (κ2) is 12.3. The summed E-state index contributed by atoms with van der Waals surface area (Å²) >= 11 is 7.47. The number of para-hydroxylation sites is 1. The molecule has 11 heteroatoms. The number of nitrogens with zero attached hydrogens (tertiary/aromatic N) is 5. The molecule has 2 amide bonds. The number of fused-ring (bicyclic) bond motifs is 1. The Labute approximate surface area is 240 Å². The van der Waals surface area contributed by atoms with Crippen molar-refractivity contribution in [3.05, 3.63) is 88.2 Å². The number of carbonyl (C=O) groups is 2. The molecule has 5 rings (SSSR count). The van der Waals surface area contributed by atoms with Gasteiger partial charge in [-0.1, -0.05) is 48.0 Å². The highest BCUT2D eigenvalue weighted by Crippen LogP contribution is 2.26. The SMILES string of the molecule is CCC(C(=O)Nc1ccc(OC)cc1)N(Cc1nc(-c2ccc(Cl)cc2)cs1)C(=O)Cn1nnc2ccccc21. The van der Waals surface area contributed by atoms with Crippen molar-refractivity contribution in [1.82, 2.24) is 24.9 Å². The van der Waals surface area contributed by atoms with Crippen LogP contribution in [0, 0.1) is 0 Å². The Kier molecular flexibility index (Phi) is 8.37. The van der Waals surface area contributed by atoms with Crippen LogP contribution in [0.4, 0.5) is 5.69 Å². The normalized spacial score (nSPS) is 11.8. The zero-order valence-electron chi connectivity index (χ0n) is 22.0. The molecule has 0 saturated carbocycles. The van der Waals surface area contributed by atoms with Crippen molar-refractivity contribution in [1.29, 1.82) is 0 Å². The van der Waals surface area contributed by atoms with Gasteiger partial charge in [0.1, 0.15) is 28.9 Å². The van der Waals surface area contributed by atoms with E-state index in [4.69, 9.17) is 21.3 Å². The predicted molar refractivity (Wildman–Crippen MR) is 156 cm³/mol. The van der Waals surface area contributed by atoms with Gasteiger partial charge in [0.15, 0.2) is 0 Å². The number of thiazole rings is 1. The van der Waals surface area contributed by atoms with E-state index in [1.165, 1.54) is 11.3 Å². The van der Waals surface area contributed by atoms with Crippen molar-refractivity contribution in [3.63, 3.8) is 0 Å². The van der Waals surface area contributed by atoms with Gasteiger partial charge in [0.25, 0.3) is 0 Å². The molecule has 0 fully saturated rings. The van der Waals surface area contributed by atoms with Crippen LogP contribution in [0.25, 0.3) is 22.3 Å². The van der Waals surface area contributed by atoms with Gasteiger partial charge in [0, 0.05) is 21.7 Å². The van der Waals surface area contributed by atoms with Crippen LogP contribution in [0.1, 0.15) is 18.4 Å². The number of anilines is 1. The molecule has 1 N–H and O–H groups in total. The number of hydrogen-bond acceptors (Lipinski definition) is 7. The fraction of sp³-hybridized carbons (Fsp3) is 0.207. The quantitative estimate of drug-likeness (QED) is 0.231. The number of hydrogen-bond donors (Lipinski definition) is 1. The minimum Gasteiger partial charge on any atom is -0.497 e. The molecule has 0 saturated heterocycles. The third kappa shape index (κ3) is 6.13. The average molecular weight is 575 g/mol. The van der Waals surface area contributed by atoms with Gasteiger partial charge in [-0.05, 0) is 55.0 Å². The monoisotopic (exact) mass is 574 g/mol. The molecule has 0 aliphatic rings. The number of halogens is 1. The Morgan fingerprint density at radius 3 is 2.55 bits per heavy atom. The van der Waals surface area contributed by atoms with E-state index in [9.17, 15) is 9.59 Å². The van der Waals surface area contributed by atoms with Gasteiger partial charge in [-0.2, -0.15) is 0 Å². The predicted octanol–water partition coefficient (Wildman–Crippen LogP) is 5.66. The van der Waals surface area contributed by atoms with Crippen LogP contribution in [0.2, 0.25) is 5.02 Å². The maximum absolute atomic E-state index is 13.8. The summed E-state index contributed by atoms with van der Waals surface area (Å²) in [6.07, 6.45) is 0.404. The first kappa shape index (κ1) is 27.3. The first-order valence-corrected chi connectivity index (χ1v) is 13.9. The highest BCUT2D eigenvalue weighted by molar-refractivity contribution is 7.09. The molecule has 0 spiro atoms. The van der Waals surface area contributed by atoms with Crippen LogP contribution < -0.4 is 10.1 Å². The minimum absolute atomic E-state index is 0.0672. The van der Waals surface area contributed by atoms with Gasteiger partial charge in [0.2, 0.25) is 11.8 Å². The lowest BCUT2D eigenvalue weighted by Gasteiger charge is -2.29. The van der Waals surface area contributed by atoms with Crippen LogP contribution in [-0.4, -0.2) is 49.8 Å². The lowest BCUT2D eigenvalue weighted by Crippen LogP contribution is -2.47. The molecule has 0 radical (unpaired) electrons. The molecule has 2 heterocycles. The van der Waals surface area contributed by atoms with E-state index >= 15 is 0 Å². The van der Waals surface area contributed by atoms with Crippen LogP contribution in [0.3, 0.4) is 0 Å². The Bertz CT molecular complexity index is 1620. The molecule has 1 unspecified atom stereocenters. The fourth-order valence-electron chi connectivity index (χ4n) is 4.35. The summed E-state index contributed by atoms with van der Waals surface area (Å²) in [6, 6.07) is 21.2. The van der Waals surface area contributed by atoms with Gasteiger partial charge in [-0.3, -0.25) is 9.59 Å². The number of carbonyl (C=O) groups excluding carboxylic acids is 2. The van der Waals surface area contributed by atoms with E-state index in [-0.39, 0.29) is 24.9 Å². The number of methoxy groups -OCH3 is 1. The second-order valence-electron chi connectivity index (χ2n) is 9.03. The standard InChI is InChI=1S/C29H27ClN6O3S/c1-3-25(29(38)31-21-12-14-22(39-2)15-13-21)35(28(37)17-36-26-7-5-4-6-23(26)33-34-36)16-27-32-24(18-40-27)19-8-10-20(30)11-9-19/h4-15,18,25H,3,16-17H2,1-2H3,(H,31,38). The Morgan fingerprint density at radius 2 is 1.82 bits per heavy atom. The van der Waals surface area contributed by atoms with Gasteiger partial charge in [0.05, 0.1) is 24.9 Å². The van der Waals surface area contributed by atoms with Crippen molar-refractivity contribution in [2.24, 2.45) is 0 Å². The maximum atomic E-state index is 13.8. The Morgan fingerprint density at radius 1 is 1.07 bits per heavy atom. The highest BCUT2D eigenvalue weighted by Gasteiger charge is 2.30. The Balaban J connectivity index is 1.42. The van der Waals surface area contributed by atoms with Crippen molar-refractivity contribution < 1.29 is 14.3 Å². The molecule has 0 bridgehead atoms. The molecule has 204 valence electrons. The number of amides is 2. The molecule has 0 aliphatic heterocycles. The highest BCUT2D eigenvalue weighted by atomic mass is 35.5. The second-order valence-corrected chi connectivity index (χ2v) is 10.4. The molecule has 9 nitrogen and oxygen atoms in total. The summed E-state index contributed by atoms with van der Waals surface area (Å²) in [5.41, 5.74) is 3.74. The topological polar surface area (TPSA) is 102 Å². The van der Waals surface area contributed by atoms with Gasteiger partial charge < -0.3 is 15.0 Å². The first-order valence-electron chi connectivity index (χ1n) is 12.7. The molecule has 5 aromatic rings. The zero-order chi connectivity index (χ0) is 28.1. The van der Waals surface area contributed by atoms with Gasteiger partial charge >= 0.3 is 0 Å². The fourth-order valence-corrected chi connectivity index (χ4v) is 5.28. The molecular formula is C29H27ClN6O3S. The molecule has 1 atom stereocenters. The summed E-state index contributed by atoms with van der Waals surface area (Å²) < 4.78 is 6.76. The number of nitrogens with one attached hydrogen (secondary N) is 1. The summed E-state index contributed by atoms with van der Waals surface area (Å²) in [4.78, 5) is 33.7. The van der Waals surface area contributed by atoms with E-state index in [2.05, 4.69) is 15.6 Å². The number of aromatic nitrogens is 4. The lowest BCUT2D eigenvalue weighted by atomic mass is 10.1. The number of ether oxygens (including phenoxy) is 1. The van der Waals surface area contributed by atoms with E-state index in [1.54, 1.807) is 41.0 Å². The van der Waals surface area contributed by atoms with Gasteiger partial charge in [-0.25, -0.2) is 9.67 Å². The van der Waals surface area contributed by atoms with Crippen molar-refractivity contribution >= 4 is 51.5 Å². The molecule has 40 heavy (non-hydrogen) atoms. The van der Waals surface area contributed by atoms with Crippen molar-refractivity contribution in [2.45, 2.75) is 32.5 Å². The summed E-state index contributed by atoms with van der Waals surface area (Å²) in [6.45, 7) is 1.98. The summed E-state index contributed by atoms with van der Waals surface area (Å²) in [7, 11) is 1.58. The van der Waals surface area contributed by atoms with Crippen LogP contribution in [-0.2, 0) is 22.7 Å². The maximum Gasteiger partial charge on any atom is 0.247 e. The zero-order valence-corrected chi connectivity index (χ0v) is 23.5. The van der Waals surface area contributed by atoms with Crippen LogP contribution in [0.15, 0.2) is 78.2 Å². The number of rotatable bonds is 10. The lowest BCUT2D eigenvalue weighted by molar-refractivity contribution is -0.140. The van der Waals surface area contributed by atoms with E-state index in [1.807, 2.05) is 60.8 Å². The first-order chi connectivity index (χ1) is 19.4. The largest absolute Gasteiger partial charge is 0.497 e. The summed E-state index contributed by atoms with van der Waals surface area (Å²) in [5.74, 6) is 0.122. The molecule has 2 aromatic heterocycles. The third-order valence-electron chi connectivity index (χ3n) is 6.45. The minimum atomic E-state index is -0.743. The Hall–Kier alpha value is -4.28. The van der Waals surface area contributed by atoms with Crippen LogP contribution in [0.5, 0.6) is 5.75 Å². The summed E-state index contributed by atoms with van der Waals surface area (Å²) in [5, 5.41) is 14.6. The van der Waals surface area contributed by atoms with Gasteiger partial charge in [-0.15, -0.1) is 16.4 Å². The van der Waals surface area contributed by atoms with E-state index in [0.29, 0.717) is 33.4 Å². The molecular weight excluding hydrogens is 548 g/mol. The van der Waals surface area contributed by atoms with E-state index < -0.39 is 6.04 Å². The number of benzene rings is 3. The van der Waals surface area contributed by atoms with Crippen LogP contribution >= 0.6 is 22.9 Å². The average Bonchev–Trinajstić information content (AvgIpc) is 3.61. The van der Waals surface area contributed by atoms with E-state index in [0.717, 1.165) is 16.8 Å². The molecule has 3 aromatic carbocycles. The smallest absolute Gasteiger partial charge is 0.247 e.